The van der Waals surface area contributed by atoms with E-state index in [0.717, 1.165) is 23.1 Å². The summed E-state index contributed by atoms with van der Waals surface area (Å²) in [5.74, 6) is 0. The molecule has 1 aromatic rings. The first kappa shape index (κ1) is 17.1. The van der Waals surface area contributed by atoms with Gasteiger partial charge in [0.1, 0.15) is 0 Å². The Hall–Kier alpha value is -0.910. The highest BCUT2D eigenvalue weighted by atomic mass is 32.2. The zero-order valence-corrected chi connectivity index (χ0v) is 14.1. The van der Waals surface area contributed by atoms with Crippen LogP contribution in [0.15, 0.2) is 17.0 Å². The van der Waals surface area contributed by atoms with Crippen LogP contribution in [0.2, 0.25) is 0 Å². The minimum atomic E-state index is -3.52. The number of hydrogen-bond donors (Lipinski definition) is 1. The molecule has 0 amide bonds. The summed E-state index contributed by atoms with van der Waals surface area (Å²) in [6, 6.07) is 3.64. The van der Waals surface area contributed by atoms with E-state index in [0.29, 0.717) is 11.4 Å². The van der Waals surface area contributed by atoms with Gasteiger partial charge in [0.2, 0.25) is 10.0 Å². The molecule has 1 aromatic carbocycles. The van der Waals surface area contributed by atoms with Crippen LogP contribution in [0.1, 0.15) is 43.9 Å². The second kappa shape index (κ2) is 5.84. The Labute approximate surface area is 123 Å². The first-order valence-electron chi connectivity index (χ1n) is 6.87. The van der Waals surface area contributed by atoms with E-state index in [1.54, 1.807) is 13.1 Å². The van der Waals surface area contributed by atoms with E-state index >= 15 is 0 Å². The highest BCUT2D eigenvalue weighted by Gasteiger charge is 2.33. The number of nitrogens with two attached hydrogens (primary N) is 1. The van der Waals surface area contributed by atoms with Crippen molar-refractivity contribution in [3.8, 4) is 0 Å². The minimum Gasteiger partial charge on any atom is -0.326 e. The molecule has 5 heteroatoms. The van der Waals surface area contributed by atoms with Crippen LogP contribution in [0, 0.1) is 13.8 Å². The fourth-order valence-corrected chi connectivity index (χ4v) is 3.90. The second-order valence-corrected chi connectivity index (χ2v) is 7.82. The van der Waals surface area contributed by atoms with E-state index in [9.17, 15) is 8.42 Å². The number of nitrogens with zero attached hydrogens (tertiary/aromatic N) is 1. The summed E-state index contributed by atoms with van der Waals surface area (Å²) >= 11 is 0. The number of sulfonamides is 1. The first-order chi connectivity index (χ1) is 9.07. The molecule has 0 aromatic heterocycles. The predicted octanol–water partition coefficient (Wildman–Crippen LogP) is 2.57. The lowest BCUT2D eigenvalue weighted by atomic mass is 10.0. The summed E-state index contributed by atoms with van der Waals surface area (Å²) in [4.78, 5) is 0.363. The van der Waals surface area contributed by atoms with Crippen LogP contribution in [-0.2, 0) is 16.6 Å². The Kier molecular flexibility index (Phi) is 5.00. The third kappa shape index (κ3) is 3.05. The topological polar surface area (TPSA) is 63.4 Å². The van der Waals surface area contributed by atoms with Gasteiger partial charge >= 0.3 is 0 Å². The highest BCUT2D eigenvalue weighted by Crippen LogP contribution is 2.29. The van der Waals surface area contributed by atoms with Gasteiger partial charge in [-0.1, -0.05) is 13.0 Å². The molecule has 114 valence electrons. The SMILES string of the molecule is CCC(C)(C)N(C)S(=O)(=O)c1cc(CN)cc(C)c1C. The third-order valence-electron chi connectivity index (χ3n) is 4.27. The summed E-state index contributed by atoms with van der Waals surface area (Å²) in [5, 5.41) is 0. The van der Waals surface area contributed by atoms with E-state index in [2.05, 4.69) is 0 Å². The molecular formula is C15H26N2O2S. The molecule has 0 saturated heterocycles. The van der Waals surface area contributed by atoms with Crippen molar-refractivity contribution in [2.75, 3.05) is 7.05 Å². The molecule has 0 aliphatic rings. The number of hydrogen-bond acceptors (Lipinski definition) is 3. The zero-order chi connectivity index (χ0) is 15.7. The van der Waals surface area contributed by atoms with Crippen molar-refractivity contribution in [2.24, 2.45) is 5.73 Å². The molecule has 0 fully saturated rings. The van der Waals surface area contributed by atoms with Crippen molar-refractivity contribution in [1.29, 1.82) is 0 Å². The molecule has 0 aliphatic carbocycles. The molecule has 1 rings (SSSR count). The fourth-order valence-electron chi connectivity index (χ4n) is 1.98. The van der Waals surface area contributed by atoms with E-state index < -0.39 is 15.6 Å². The number of benzene rings is 1. The normalized spacial score (nSPS) is 13.0. The Morgan fingerprint density at radius 2 is 1.80 bits per heavy atom. The van der Waals surface area contributed by atoms with E-state index in [-0.39, 0.29) is 0 Å². The lowest BCUT2D eigenvalue weighted by molar-refractivity contribution is 0.257. The summed E-state index contributed by atoms with van der Waals surface area (Å²) in [6.07, 6.45) is 0.747. The molecule has 0 spiro atoms. The summed E-state index contributed by atoms with van der Waals surface area (Å²) in [5.41, 5.74) is 7.83. The van der Waals surface area contributed by atoms with E-state index in [4.69, 9.17) is 5.73 Å². The molecule has 0 radical (unpaired) electrons. The van der Waals surface area contributed by atoms with Gasteiger partial charge in [-0.15, -0.1) is 0 Å². The molecule has 0 aliphatic heterocycles. The highest BCUT2D eigenvalue weighted by molar-refractivity contribution is 7.89. The van der Waals surface area contributed by atoms with Gasteiger partial charge in [0.15, 0.2) is 0 Å². The Morgan fingerprint density at radius 3 is 2.25 bits per heavy atom. The summed E-state index contributed by atoms with van der Waals surface area (Å²) in [6.45, 7) is 9.94. The maximum absolute atomic E-state index is 12.9. The van der Waals surface area contributed by atoms with Gasteiger partial charge in [0.05, 0.1) is 4.90 Å². The Morgan fingerprint density at radius 1 is 1.25 bits per heavy atom. The maximum atomic E-state index is 12.9. The van der Waals surface area contributed by atoms with Crippen LogP contribution in [0.3, 0.4) is 0 Å². The lowest BCUT2D eigenvalue weighted by Gasteiger charge is -2.34. The predicted molar refractivity (Wildman–Crippen MR) is 83.1 cm³/mol. The van der Waals surface area contributed by atoms with Crippen LogP contribution in [0.4, 0.5) is 0 Å². The Balaban J connectivity index is 3.47. The molecule has 0 atom stereocenters. The summed E-state index contributed by atoms with van der Waals surface area (Å²) < 4.78 is 27.2. The zero-order valence-electron chi connectivity index (χ0n) is 13.3. The largest absolute Gasteiger partial charge is 0.326 e. The number of aryl methyl sites for hydroxylation is 1. The van der Waals surface area contributed by atoms with Crippen molar-refractivity contribution < 1.29 is 8.42 Å². The van der Waals surface area contributed by atoms with Crippen molar-refractivity contribution in [3.63, 3.8) is 0 Å². The maximum Gasteiger partial charge on any atom is 0.243 e. The molecular weight excluding hydrogens is 272 g/mol. The lowest BCUT2D eigenvalue weighted by Crippen LogP contribution is -2.44. The summed E-state index contributed by atoms with van der Waals surface area (Å²) in [7, 11) is -1.88. The van der Waals surface area contributed by atoms with E-state index in [1.165, 1.54) is 4.31 Å². The first-order valence-corrected chi connectivity index (χ1v) is 8.31. The third-order valence-corrected chi connectivity index (χ3v) is 6.47. The smallest absolute Gasteiger partial charge is 0.243 e. The second-order valence-electron chi connectivity index (χ2n) is 5.88. The van der Waals surface area contributed by atoms with Crippen molar-refractivity contribution in [3.05, 3.63) is 28.8 Å². The van der Waals surface area contributed by atoms with Crippen LogP contribution in [-0.4, -0.2) is 25.3 Å². The monoisotopic (exact) mass is 298 g/mol. The van der Waals surface area contributed by atoms with Crippen LogP contribution in [0.5, 0.6) is 0 Å². The minimum absolute atomic E-state index is 0.338. The quantitative estimate of drug-likeness (QED) is 0.908. The van der Waals surface area contributed by atoms with Gasteiger partial charge in [0.25, 0.3) is 0 Å². The molecule has 0 bridgehead atoms. The molecule has 0 unspecified atom stereocenters. The van der Waals surface area contributed by atoms with Crippen LogP contribution in [0.25, 0.3) is 0 Å². The van der Waals surface area contributed by atoms with E-state index in [1.807, 2.05) is 40.7 Å². The molecule has 20 heavy (non-hydrogen) atoms. The standard InChI is InChI=1S/C15H26N2O2S/c1-7-15(4,5)17(6)20(18,19)14-9-13(10-16)8-11(2)12(14)3/h8-9H,7,10,16H2,1-6H3. The van der Waals surface area contributed by atoms with Gasteiger partial charge in [-0.2, -0.15) is 4.31 Å². The van der Waals surface area contributed by atoms with Gasteiger partial charge in [-0.05, 0) is 56.9 Å². The number of rotatable bonds is 5. The van der Waals surface area contributed by atoms with Crippen molar-refractivity contribution >= 4 is 10.0 Å². The van der Waals surface area contributed by atoms with Gasteiger partial charge in [-0.25, -0.2) is 8.42 Å². The van der Waals surface area contributed by atoms with Crippen LogP contribution >= 0.6 is 0 Å². The van der Waals surface area contributed by atoms with Crippen LogP contribution < -0.4 is 5.73 Å². The Bertz CT molecular complexity index is 592. The molecule has 2 N–H and O–H groups in total. The fraction of sp³-hybridized carbons (Fsp3) is 0.600. The van der Waals surface area contributed by atoms with Crippen molar-refractivity contribution in [2.45, 2.75) is 58.0 Å². The molecule has 0 saturated carbocycles. The van der Waals surface area contributed by atoms with Gasteiger partial charge < -0.3 is 5.73 Å². The van der Waals surface area contributed by atoms with Gasteiger partial charge in [-0.3, -0.25) is 0 Å². The van der Waals surface area contributed by atoms with Crippen molar-refractivity contribution in [1.82, 2.24) is 4.31 Å². The van der Waals surface area contributed by atoms with Gasteiger partial charge in [0, 0.05) is 19.1 Å². The average Bonchev–Trinajstić information content (AvgIpc) is 2.40. The molecule has 0 heterocycles. The average molecular weight is 298 g/mol. The molecule has 4 nitrogen and oxygen atoms in total.